The van der Waals surface area contributed by atoms with Crippen molar-refractivity contribution >= 4 is 6.29 Å². The van der Waals surface area contributed by atoms with Gasteiger partial charge in [0.25, 0.3) is 0 Å². The number of methoxy groups -OCH3 is 1. The molecular weight excluding hydrogens is 212 g/mol. The number of benzene rings is 1. The lowest BCUT2D eigenvalue weighted by Crippen LogP contribution is -2.14. The molecule has 0 heterocycles. The van der Waals surface area contributed by atoms with Crippen molar-refractivity contribution in [1.82, 2.24) is 0 Å². The molecule has 0 aliphatic carbocycles. The lowest BCUT2D eigenvalue weighted by Gasteiger charge is -2.24. The van der Waals surface area contributed by atoms with Gasteiger partial charge in [-0.2, -0.15) is 0 Å². The van der Waals surface area contributed by atoms with Crippen molar-refractivity contribution in [3.63, 3.8) is 0 Å². The second-order valence-electron chi connectivity index (χ2n) is 5.45. The van der Waals surface area contributed by atoms with E-state index in [1.54, 1.807) is 7.11 Å². The molecule has 0 atom stereocenters. The summed E-state index contributed by atoms with van der Waals surface area (Å²) in [7, 11) is 1.71. The lowest BCUT2D eigenvalue weighted by molar-refractivity contribution is -0.107. The van der Waals surface area contributed by atoms with Crippen molar-refractivity contribution in [1.29, 1.82) is 0 Å². The van der Waals surface area contributed by atoms with Crippen LogP contribution < -0.4 is 4.74 Å². The van der Waals surface area contributed by atoms with E-state index in [0.717, 1.165) is 24.0 Å². The monoisotopic (exact) mass is 234 g/mol. The average molecular weight is 234 g/mol. The van der Waals surface area contributed by atoms with Gasteiger partial charge in [-0.3, -0.25) is 0 Å². The molecule has 2 heteroatoms. The van der Waals surface area contributed by atoms with Crippen LogP contribution in [0.1, 0.15) is 43.9 Å². The van der Waals surface area contributed by atoms with E-state index in [1.165, 1.54) is 11.1 Å². The number of hydrogen-bond acceptors (Lipinski definition) is 2. The van der Waals surface area contributed by atoms with Gasteiger partial charge in [0.05, 0.1) is 7.11 Å². The van der Waals surface area contributed by atoms with Crippen molar-refractivity contribution in [2.45, 2.75) is 46.0 Å². The summed E-state index contributed by atoms with van der Waals surface area (Å²) in [4.78, 5) is 10.4. The minimum absolute atomic E-state index is 0.0489. The van der Waals surface area contributed by atoms with Gasteiger partial charge in [0.2, 0.25) is 0 Å². The molecule has 0 fully saturated rings. The molecular formula is C15H22O2. The Labute approximate surface area is 104 Å². The molecule has 0 aromatic heterocycles. The first kappa shape index (κ1) is 13.8. The largest absolute Gasteiger partial charge is 0.496 e. The van der Waals surface area contributed by atoms with Crippen molar-refractivity contribution in [2.24, 2.45) is 0 Å². The Morgan fingerprint density at radius 2 is 1.94 bits per heavy atom. The van der Waals surface area contributed by atoms with E-state index >= 15 is 0 Å². The summed E-state index contributed by atoms with van der Waals surface area (Å²) in [6, 6.07) is 4.27. The van der Waals surface area contributed by atoms with Crippen LogP contribution in [0.3, 0.4) is 0 Å². The van der Waals surface area contributed by atoms with Crippen LogP contribution in [0.15, 0.2) is 12.1 Å². The molecule has 0 spiro atoms. The SMILES string of the molecule is COc1c(C)cc(CCC=O)cc1C(C)(C)C. The van der Waals surface area contributed by atoms with E-state index in [-0.39, 0.29) is 5.41 Å². The summed E-state index contributed by atoms with van der Waals surface area (Å²) < 4.78 is 5.49. The first-order valence-electron chi connectivity index (χ1n) is 6.01. The molecule has 0 aliphatic rings. The van der Waals surface area contributed by atoms with Crippen LogP contribution in [-0.4, -0.2) is 13.4 Å². The Morgan fingerprint density at radius 3 is 2.41 bits per heavy atom. The number of hydrogen-bond donors (Lipinski definition) is 0. The lowest BCUT2D eigenvalue weighted by atomic mass is 9.83. The zero-order valence-corrected chi connectivity index (χ0v) is 11.5. The van der Waals surface area contributed by atoms with E-state index in [9.17, 15) is 4.79 Å². The molecule has 1 aromatic carbocycles. The van der Waals surface area contributed by atoms with Crippen LogP contribution in [-0.2, 0) is 16.6 Å². The predicted molar refractivity (Wildman–Crippen MR) is 70.8 cm³/mol. The maximum absolute atomic E-state index is 10.4. The maximum atomic E-state index is 10.4. The van der Waals surface area contributed by atoms with Gasteiger partial charge in [0, 0.05) is 12.0 Å². The van der Waals surface area contributed by atoms with Gasteiger partial charge in [-0.25, -0.2) is 0 Å². The van der Waals surface area contributed by atoms with Crippen LogP contribution in [0, 0.1) is 6.92 Å². The number of carbonyl (C=O) groups excluding carboxylic acids is 1. The third-order valence-electron chi connectivity index (χ3n) is 2.90. The van der Waals surface area contributed by atoms with Crippen LogP contribution in [0.2, 0.25) is 0 Å². The molecule has 0 saturated carbocycles. The smallest absolute Gasteiger partial charge is 0.125 e. The molecule has 94 valence electrons. The Kier molecular flexibility index (Phi) is 4.33. The van der Waals surface area contributed by atoms with Crippen LogP contribution >= 0.6 is 0 Å². The van der Waals surface area contributed by atoms with Crippen molar-refractivity contribution in [2.75, 3.05) is 7.11 Å². The van der Waals surface area contributed by atoms with Gasteiger partial charge in [0.1, 0.15) is 12.0 Å². The normalized spacial score (nSPS) is 11.4. The first-order valence-corrected chi connectivity index (χ1v) is 6.01. The highest BCUT2D eigenvalue weighted by molar-refractivity contribution is 5.52. The van der Waals surface area contributed by atoms with Crippen molar-refractivity contribution in [3.05, 3.63) is 28.8 Å². The minimum atomic E-state index is 0.0489. The number of rotatable bonds is 4. The highest BCUT2D eigenvalue weighted by Gasteiger charge is 2.20. The highest BCUT2D eigenvalue weighted by atomic mass is 16.5. The van der Waals surface area contributed by atoms with Gasteiger partial charge >= 0.3 is 0 Å². The molecule has 0 radical (unpaired) electrons. The van der Waals surface area contributed by atoms with E-state index < -0.39 is 0 Å². The van der Waals surface area contributed by atoms with Crippen molar-refractivity contribution in [3.8, 4) is 5.75 Å². The predicted octanol–water partition coefficient (Wildman–Crippen LogP) is 3.43. The fourth-order valence-electron chi connectivity index (χ4n) is 2.05. The Bertz CT molecular complexity index is 400. The summed E-state index contributed by atoms with van der Waals surface area (Å²) in [6.07, 6.45) is 2.35. The van der Waals surface area contributed by atoms with Gasteiger partial charge in [-0.05, 0) is 29.9 Å². The highest BCUT2D eigenvalue weighted by Crippen LogP contribution is 2.35. The van der Waals surface area contributed by atoms with Crippen LogP contribution in [0.25, 0.3) is 0 Å². The van der Waals surface area contributed by atoms with E-state index in [4.69, 9.17) is 4.74 Å². The minimum Gasteiger partial charge on any atom is -0.496 e. The van der Waals surface area contributed by atoms with Gasteiger partial charge in [-0.1, -0.05) is 32.9 Å². The number of aldehydes is 1. The summed E-state index contributed by atoms with van der Waals surface area (Å²) in [5.74, 6) is 0.965. The second kappa shape index (κ2) is 5.35. The Balaban J connectivity index is 3.24. The first-order chi connectivity index (χ1) is 7.90. The average Bonchev–Trinajstić information content (AvgIpc) is 2.24. The molecule has 0 unspecified atom stereocenters. The summed E-state index contributed by atoms with van der Waals surface area (Å²) in [5.41, 5.74) is 3.61. The van der Waals surface area contributed by atoms with Crippen LogP contribution in [0.5, 0.6) is 5.75 Å². The van der Waals surface area contributed by atoms with Gasteiger partial charge < -0.3 is 9.53 Å². The second-order valence-corrected chi connectivity index (χ2v) is 5.45. The zero-order chi connectivity index (χ0) is 13.1. The molecule has 2 nitrogen and oxygen atoms in total. The number of aryl methyl sites for hydroxylation is 2. The number of ether oxygens (including phenoxy) is 1. The quantitative estimate of drug-likeness (QED) is 0.746. The Morgan fingerprint density at radius 1 is 1.29 bits per heavy atom. The third-order valence-corrected chi connectivity index (χ3v) is 2.90. The fourth-order valence-corrected chi connectivity index (χ4v) is 2.05. The van der Waals surface area contributed by atoms with E-state index in [0.29, 0.717) is 6.42 Å². The molecule has 1 aromatic rings. The topological polar surface area (TPSA) is 26.3 Å². The Hall–Kier alpha value is -1.31. The molecule has 0 aliphatic heterocycles. The van der Waals surface area contributed by atoms with Crippen molar-refractivity contribution < 1.29 is 9.53 Å². The third kappa shape index (κ3) is 3.32. The molecule has 0 N–H and O–H groups in total. The van der Waals surface area contributed by atoms with Crippen LogP contribution in [0.4, 0.5) is 0 Å². The standard InChI is InChI=1S/C15H22O2/c1-11-9-12(7-6-8-16)10-13(14(11)17-5)15(2,3)4/h8-10H,6-7H2,1-5H3. The molecule has 17 heavy (non-hydrogen) atoms. The molecule has 0 bridgehead atoms. The molecule has 0 saturated heterocycles. The summed E-state index contributed by atoms with van der Waals surface area (Å²) in [5, 5.41) is 0. The molecule has 1 rings (SSSR count). The van der Waals surface area contributed by atoms with Gasteiger partial charge in [-0.15, -0.1) is 0 Å². The summed E-state index contributed by atoms with van der Waals surface area (Å²) in [6.45, 7) is 8.58. The fraction of sp³-hybridized carbons (Fsp3) is 0.533. The van der Waals surface area contributed by atoms with E-state index in [1.807, 2.05) is 0 Å². The number of carbonyl (C=O) groups is 1. The molecule has 0 amide bonds. The zero-order valence-electron chi connectivity index (χ0n) is 11.5. The van der Waals surface area contributed by atoms with E-state index in [2.05, 4.69) is 39.8 Å². The maximum Gasteiger partial charge on any atom is 0.125 e. The van der Waals surface area contributed by atoms with Gasteiger partial charge in [0.15, 0.2) is 0 Å². The summed E-state index contributed by atoms with van der Waals surface area (Å²) >= 11 is 0.